The third-order valence-corrected chi connectivity index (χ3v) is 5.22. The number of carboxylic acids is 1. The Morgan fingerprint density at radius 2 is 2.11 bits per heavy atom. The molecule has 0 aliphatic carbocycles. The van der Waals surface area contributed by atoms with Crippen LogP contribution in [0.25, 0.3) is 0 Å². The highest BCUT2D eigenvalue weighted by Gasteiger charge is 2.37. The second-order valence-corrected chi connectivity index (χ2v) is 7.60. The molecule has 2 atom stereocenters. The molecule has 1 fully saturated rings. The molecule has 0 amide bonds. The van der Waals surface area contributed by atoms with Gasteiger partial charge < -0.3 is 9.84 Å². The monoisotopic (exact) mass is 293 g/mol. The van der Waals surface area contributed by atoms with Crippen molar-refractivity contribution in [3.05, 3.63) is 0 Å². The fourth-order valence-electron chi connectivity index (χ4n) is 2.56. The Morgan fingerprint density at radius 3 is 2.58 bits per heavy atom. The van der Waals surface area contributed by atoms with Crippen LogP contribution in [0.3, 0.4) is 0 Å². The van der Waals surface area contributed by atoms with Crippen molar-refractivity contribution in [2.24, 2.45) is 5.92 Å². The van der Waals surface area contributed by atoms with Crippen molar-refractivity contribution in [3.8, 4) is 0 Å². The molecule has 0 aromatic carbocycles. The highest BCUT2D eigenvalue weighted by molar-refractivity contribution is 7.91. The number of carbonyl (C=O) groups is 1. The minimum absolute atomic E-state index is 0.0462. The summed E-state index contributed by atoms with van der Waals surface area (Å²) in [6, 6.07) is -0.413. The third kappa shape index (κ3) is 4.74. The standard InChI is InChI=1S/C12H23NO5S/c1-9(2)11(7-18-3)13-4-5-19(16,17)8-10(13)6-12(14)15/h9-11H,4-8H2,1-3H3,(H,14,15). The van der Waals surface area contributed by atoms with Crippen molar-refractivity contribution < 1.29 is 23.1 Å². The predicted octanol–water partition coefficient (Wildman–Crippen LogP) is 0.231. The summed E-state index contributed by atoms with van der Waals surface area (Å²) < 4.78 is 28.6. The van der Waals surface area contributed by atoms with Gasteiger partial charge in [0.15, 0.2) is 9.84 Å². The number of sulfone groups is 1. The lowest BCUT2D eigenvalue weighted by Gasteiger charge is -2.41. The van der Waals surface area contributed by atoms with Crippen LogP contribution in [0.5, 0.6) is 0 Å². The molecule has 0 radical (unpaired) electrons. The normalized spacial score (nSPS) is 25.4. The Morgan fingerprint density at radius 1 is 1.47 bits per heavy atom. The summed E-state index contributed by atoms with van der Waals surface area (Å²) in [6.45, 7) is 4.93. The molecule has 1 heterocycles. The lowest BCUT2D eigenvalue weighted by atomic mass is 10.0. The molecule has 0 bridgehead atoms. The molecule has 0 aromatic rings. The summed E-state index contributed by atoms with van der Waals surface area (Å²) in [4.78, 5) is 12.9. The van der Waals surface area contributed by atoms with E-state index in [9.17, 15) is 13.2 Å². The number of aliphatic carboxylic acids is 1. The molecule has 112 valence electrons. The molecule has 1 saturated heterocycles. The zero-order valence-electron chi connectivity index (χ0n) is 11.7. The molecule has 0 aromatic heterocycles. The van der Waals surface area contributed by atoms with Gasteiger partial charge in [-0.05, 0) is 5.92 Å². The van der Waals surface area contributed by atoms with E-state index >= 15 is 0 Å². The van der Waals surface area contributed by atoms with E-state index in [0.717, 1.165) is 0 Å². The summed E-state index contributed by atoms with van der Waals surface area (Å²) in [6.07, 6.45) is -0.147. The van der Waals surface area contributed by atoms with Crippen molar-refractivity contribution in [1.29, 1.82) is 0 Å². The van der Waals surface area contributed by atoms with Gasteiger partial charge in [-0.3, -0.25) is 9.69 Å². The van der Waals surface area contributed by atoms with Gasteiger partial charge in [0.2, 0.25) is 0 Å². The zero-order chi connectivity index (χ0) is 14.6. The third-order valence-electron chi connectivity index (χ3n) is 3.52. The predicted molar refractivity (Wildman–Crippen MR) is 71.9 cm³/mol. The van der Waals surface area contributed by atoms with Crippen molar-refractivity contribution in [1.82, 2.24) is 4.90 Å². The second-order valence-electron chi connectivity index (χ2n) is 5.37. The average molecular weight is 293 g/mol. The molecular weight excluding hydrogens is 270 g/mol. The SMILES string of the molecule is COCC(C(C)C)N1CCS(=O)(=O)CC1CC(=O)O. The van der Waals surface area contributed by atoms with Gasteiger partial charge in [0.05, 0.1) is 24.5 Å². The number of methoxy groups -OCH3 is 1. The van der Waals surface area contributed by atoms with Crippen LogP contribution in [-0.2, 0) is 19.4 Å². The second kappa shape index (κ2) is 6.67. The van der Waals surface area contributed by atoms with E-state index in [1.807, 2.05) is 18.7 Å². The summed E-state index contributed by atoms with van der Waals surface area (Å²) in [5, 5.41) is 8.95. The lowest BCUT2D eigenvalue weighted by Crippen LogP contribution is -2.56. The highest BCUT2D eigenvalue weighted by atomic mass is 32.2. The van der Waals surface area contributed by atoms with Crippen molar-refractivity contribution in [2.75, 3.05) is 31.8 Å². The fraction of sp³-hybridized carbons (Fsp3) is 0.917. The summed E-state index contributed by atoms with van der Waals surface area (Å²) in [5.74, 6) is -0.675. The van der Waals surface area contributed by atoms with Crippen LogP contribution in [0.1, 0.15) is 20.3 Å². The molecule has 1 aliphatic heterocycles. The topological polar surface area (TPSA) is 83.9 Å². The molecule has 2 unspecified atom stereocenters. The maximum absolute atomic E-state index is 11.7. The van der Waals surface area contributed by atoms with Gasteiger partial charge in [-0.15, -0.1) is 0 Å². The van der Waals surface area contributed by atoms with Gasteiger partial charge in [-0.2, -0.15) is 0 Å². The van der Waals surface area contributed by atoms with Crippen LogP contribution in [0.2, 0.25) is 0 Å². The lowest BCUT2D eigenvalue weighted by molar-refractivity contribution is -0.138. The molecule has 0 saturated carbocycles. The number of carboxylic acid groups (broad SMARTS) is 1. The first-order valence-electron chi connectivity index (χ1n) is 6.43. The molecule has 6 nitrogen and oxygen atoms in total. The van der Waals surface area contributed by atoms with Gasteiger partial charge in [0, 0.05) is 25.7 Å². The van der Waals surface area contributed by atoms with E-state index in [-0.39, 0.29) is 29.9 Å². The first-order valence-corrected chi connectivity index (χ1v) is 8.26. The maximum atomic E-state index is 11.7. The van der Waals surface area contributed by atoms with Gasteiger partial charge in [-0.25, -0.2) is 8.42 Å². The summed E-state index contributed by atoms with van der Waals surface area (Å²) >= 11 is 0. The number of nitrogens with zero attached hydrogens (tertiary/aromatic N) is 1. The molecule has 1 aliphatic rings. The van der Waals surface area contributed by atoms with Crippen molar-refractivity contribution in [2.45, 2.75) is 32.4 Å². The van der Waals surface area contributed by atoms with Gasteiger partial charge >= 0.3 is 5.97 Å². The molecule has 19 heavy (non-hydrogen) atoms. The van der Waals surface area contributed by atoms with Crippen LogP contribution in [0.15, 0.2) is 0 Å². The fourth-order valence-corrected chi connectivity index (χ4v) is 4.11. The van der Waals surface area contributed by atoms with Gasteiger partial charge in [0.1, 0.15) is 0 Å². The average Bonchev–Trinajstić information content (AvgIpc) is 2.25. The Bertz CT molecular complexity index is 406. The Balaban J connectivity index is 2.91. The zero-order valence-corrected chi connectivity index (χ0v) is 12.5. The number of ether oxygens (including phenoxy) is 1. The van der Waals surface area contributed by atoms with Crippen LogP contribution in [0.4, 0.5) is 0 Å². The van der Waals surface area contributed by atoms with E-state index in [1.54, 1.807) is 7.11 Å². The number of hydrogen-bond donors (Lipinski definition) is 1. The molecule has 1 rings (SSSR count). The van der Waals surface area contributed by atoms with E-state index in [2.05, 4.69) is 0 Å². The first-order chi connectivity index (χ1) is 8.76. The molecule has 1 N–H and O–H groups in total. The van der Waals surface area contributed by atoms with Crippen molar-refractivity contribution >= 4 is 15.8 Å². The van der Waals surface area contributed by atoms with E-state index in [0.29, 0.717) is 13.2 Å². The smallest absolute Gasteiger partial charge is 0.304 e. The Labute approximate surface area is 114 Å². The number of hydrogen-bond acceptors (Lipinski definition) is 5. The van der Waals surface area contributed by atoms with Crippen LogP contribution >= 0.6 is 0 Å². The van der Waals surface area contributed by atoms with Crippen molar-refractivity contribution in [3.63, 3.8) is 0 Å². The largest absolute Gasteiger partial charge is 0.481 e. The van der Waals surface area contributed by atoms with Crippen LogP contribution in [-0.4, -0.2) is 68.2 Å². The highest BCUT2D eigenvalue weighted by Crippen LogP contribution is 2.22. The Hall–Kier alpha value is -0.660. The quantitative estimate of drug-likeness (QED) is 0.755. The van der Waals surface area contributed by atoms with Gasteiger partial charge in [0.25, 0.3) is 0 Å². The minimum Gasteiger partial charge on any atom is -0.481 e. The molecule has 0 spiro atoms. The Kier molecular flexibility index (Phi) is 5.76. The first kappa shape index (κ1) is 16.4. The summed E-state index contributed by atoms with van der Waals surface area (Å²) in [5.41, 5.74) is 0. The van der Waals surface area contributed by atoms with Gasteiger partial charge in [-0.1, -0.05) is 13.8 Å². The van der Waals surface area contributed by atoms with E-state index < -0.39 is 21.8 Å². The molecular formula is C12H23NO5S. The molecule has 7 heteroatoms. The van der Waals surface area contributed by atoms with E-state index in [1.165, 1.54) is 0 Å². The minimum atomic E-state index is -3.13. The maximum Gasteiger partial charge on any atom is 0.304 e. The van der Waals surface area contributed by atoms with E-state index in [4.69, 9.17) is 9.84 Å². The number of rotatable bonds is 6. The van der Waals surface area contributed by atoms with Crippen LogP contribution < -0.4 is 0 Å². The van der Waals surface area contributed by atoms with Crippen LogP contribution in [0, 0.1) is 5.92 Å². The summed E-state index contributed by atoms with van der Waals surface area (Å²) in [7, 11) is -1.53.